The van der Waals surface area contributed by atoms with Gasteiger partial charge in [0.2, 0.25) is 0 Å². The number of halogens is 2. The molecule has 5 heteroatoms. The van der Waals surface area contributed by atoms with Gasteiger partial charge in [-0.05, 0) is 49.6 Å². The van der Waals surface area contributed by atoms with E-state index in [0.29, 0.717) is 6.42 Å². The van der Waals surface area contributed by atoms with E-state index in [4.69, 9.17) is 5.26 Å². The second-order valence-electron chi connectivity index (χ2n) is 4.34. The van der Waals surface area contributed by atoms with Gasteiger partial charge in [0, 0.05) is 41.2 Å². The Morgan fingerprint density at radius 3 is 2.61 bits per heavy atom. The first-order valence-corrected chi connectivity index (χ1v) is 7.57. The van der Waals surface area contributed by atoms with Crippen molar-refractivity contribution in [1.29, 1.82) is 5.26 Å². The van der Waals surface area contributed by atoms with Crippen LogP contribution in [0.1, 0.15) is 18.0 Å². The summed E-state index contributed by atoms with van der Waals surface area (Å²) in [6.45, 7) is 4.00. The maximum Gasteiger partial charge on any atom is 0.0641 e. The van der Waals surface area contributed by atoms with E-state index in [-0.39, 0.29) is 6.04 Å². The molecule has 1 aromatic rings. The molecular formula is C13H15Br2N3. The summed E-state index contributed by atoms with van der Waals surface area (Å²) >= 11 is 7.01. The molecule has 1 aliphatic heterocycles. The molecule has 0 radical (unpaired) electrons. The van der Waals surface area contributed by atoms with Gasteiger partial charge in [-0.25, -0.2) is 0 Å². The first-order valence-electron chi connectivity index (χ1n) is 5.99. The van der Waals surface area contributed by atoms with Gasteiger partial charge in [0.25, 0.3) is 0 Å². The number of rotatable bonds is 3. The second-order valence-corrected chi connectivity index (χ2v) is 6.05. The zero-order valence-electron chi connectivity index (χ0n) is 10.00. The normalized spacial score (nSPS) is 18.3. The van der Waals surface area contributed by atoms with Gasteiger partial charge in [0.05, 0.1) is 12.5 Å². The highest BCUT2D eigenvalue weighted by Gasteiger charge is 2.22. The maximum atomic E-state index is 9.04. The highest BCUT2D eigenvalue weighted by Crippen LogP contribution is 2.30. The number of nitrogens with one attached hydrogen (secondary N) is 1. The number of piperazine rings is 1. The zero-order valence-corrected chi connectivity index (χ0v) is 13.2. The quantitative estimate of drug-likeness (QED) is 0.886. The molecule has 1 aliphatic rings. The molecular weight excluding hydrogens is 358 g/mol. The molecule has 1 N–H and O–H groups in total. The Balaban J connectivity index is 2.22. The molecule has 0 saturated carbocycles. The minimum absolute atomic E-state index is 0.196. The molecule has 18 heavy (non-hydrogen) atoms. The average molecular weight is 373 g/mol. The molecule has 1 fully saturated rings. The smallest absolute Gasteiger partial charge is 0.0641 e. The maximum absolute atomic E-state index is 9.04. The van der Waals surface area contributed by atoms with Crippen LogP contribution in [-0.4, -0.2) is 31.1 Å². The second kappa shape index (κ2) is 6.67. The average Bonchev–Trinajstić information content (AvgIpc) is 2.40. The third-order valence-electron chi connectivity index (χ3n) is 3.21. The Morgan fingerprint density at radius 1 is 1.28 bits per heavy atom. The van der Waals surface area contributed by atoms with Crippen LogP contribution in [0.3, 0.4) is 0 Å². The minimum Gasteiger partial charge on any atom is -0.314 e. The van der Waals surface area contributed by atoms with Gasteiger partial charge in [0.15, 0.2) is 0 Å². The van der Waals surface area contributed by atoms with Crippen molar-refractivity contribution in [2.45, 2.75) is 12.5 Å². The Bertz CT molecular complexity index is 450. The molecule has 0 bridgehead atoms. The first-order chi connectivity index (χ1) is 8.72. The van der Waals surface area contributed by atoms with Crippen LogP contribution in [0, 0.1) is 11.3 Å². The third kappa shape index (κ3) is 3.33. The Labute approximate surface area is 124 Å². The van der Waals surface area contributed by atoms with Crippen LogP contribution >= 0.6 is 31.9 Å². The molecule has 0 aromatic heterocycles. The largest absolute Gasteiger partial charge is 0.314 e. The highest BCUT2D eigenvalue weighted by atomic mass is 79.9. The van der Waals surface area contributed by atoms with Gasteiger partial charge in [-0.3, -0.25) is 4.90 Å². The lowest BCUT2D eigenvalue weighted by atomic mass is 10.0. The molecule has 1 heterocycles. The topological polar surface area (TPSA) is 39.1 Å². The summed E-state index contributed by atoms with van der Waals surface area (Å²) in [4.78, 5) is 2.38. The lowest BCUT2D eigenvalue weighted by Crippen LogP contribution is -2.45. The standard InChI is InChI=1S/C13H15Br2N3/c14-11-2-1-10(9-12(11)15)13(3-4-16)18-7-5-17-6-8-18/h1-2,9,13,17H,3,5-8H2/t13-/m1/s1. The van der Waals surface area contributed by atoms with Crippen molar-refractivity contribution in [3.63, 3.8) is 0 Å². The van der Waals surface area contributed by atoms with Crippen LogP contribution in [0.25, 0.3) is 0 Å². The van der Waals surface area contributed by atoms with Crippen LogP contribution < -0.4 is 5.32 Å². The molecule has 0 aliphatic carbocycles. The lowest BCUT2D eigenvalue weighted by Gasteiger charge is -2.34. The van der Waals surface area contributed by atoms with Crippen molar-refractivity contribution in [2.75, 3.05) is 26.2 Å². The van der Waals surface area contributed by atoms with Gasteiger partial charge in [-0.2, -0.15) is 5.26 Å². The molecule has 2 rings (SSSR count). The van der Waals surface area contributed by atoms with Gasteiger partial charge < -0.3 is 5.32 Å². The SMILES string of the molecule is N#CC[C@H](c1ccc(Br)c(Br)c1)N1CCNCC1. The van der Waals surface area contributed by atoms with Gasteiger partial charge in [-0.1, -0.05) is 6.07 Å². The van der Waals surface area contributed by atoms with Crippen LogP contribution in [0.5, 0.6) is 0 Å². The summed E-state index contributed by atoms with van der Waals surface area (Å²) in [5.74, 6) is 0. The van der Waals surface area contributed by atoms with Crippen molar-refractivity contribution in [2.24, 2.45) is 0 Å². The number of hydrogen-bond acceptors (Lipinski definition) is 3. The van der Waals surface area contributed by atoms with Crippen molar-refractivity contribution >= 4 is 31.9 Å². The zero-order chi connectivity index (χ0) is 13.0. The van der Waals surface area contributed by atoms with E-state index in [1.807, 2.05) is 6.07 Å². The molecule has 96 valence electrons. The summed E-state index contributed by atoms with van der Waals surface area (Å²) in [6.07, 6.45) is 0.536. The summed E-state index contributed by atoms with van der Waals surface area (Å²) < 4.78 is 2.08. The molecule has 1 saturated heterocycles. The summed E-state index contributed by atoms with van der Waals surface area (Å²) in [6, 6.07) is 8.74. The van der Waals surface area contributed by atoms with E-state index in [1.165, 1.54) is 5.56 Å². The van der Waals surface area contributed by atoms with Crippen molar-refractivity contribution in [1.82, 2.24) is 10.2 Å². The van der Waals surface area contributed by atoms with Gasteiger partial charge in [-0.15, -0.1) is 0 Å². The molecule has 0 spiro atoms. The Morgan fingerprint density at radius 2 is 2.00 bits per heavy atom. The highest BCUT2D eigenvalue weighted by molar-refractivity contribution is 9.13. The Hall–Kier alpha value is -0.410. The van der Waals surface area contributed by atoms with E-state index < -0.39 is 0 Å². The van der Waals surface area contributed by atoms with Crippen LogP contribution in [-0.2, 0) is 0 Å². The fraction of sp³-hybridized carbons (Fsp3) is 0.462. The predicted octanol–water partition coefficient (Wildman–Crippen LogP) is 3.07. The van der Waals surface area contributed by atoms with Gasteiger partial charge in [0.1, 0.15) is 0 Å². The molecule has 1 aromatic carbocycles. The summed E-state index contributed by atoms with van der Waals surface area (Å²) in [5.41, 5.74) is 1.20. The predicted molar refractivity (Wildman–Crippen MR) is 79.3 cm³/mol. The van der Waals surface area contributed by atoms with Crippen LogP contribution in [0.15, 0.2) is 27.1 Å². The van der Waals surface area contributed by atoms with E-state index >= 15 is 0 Å². The number of hydrogen-bond donors (Lipinski definition) is 1. The lowest BCUT2D eigenvalue weighted by molar-refractivity contribution is 0.175. The van der Waals surface area contributed by atoms with Crippen molar-refractivity contribution in [3.8, 4) is 6.07 Å². The molecule has 1 atom stereocenters. The van der Waals surface area contributed by atoms with E-state index in [0.717, 1.165) is 35.1 Å². The van der Waals surface area contributed by atoms with E-state index in [2.05, 4.69) is 60.3 Å². The van der Waals surface area contributed by atoms with Crippen molar-refractivity contribution in [3.05, 3.63) is 32.7 Å². The summed E-state index contributed by atoms with van der Waals surface area (Å²) in [7, 11) is 0. The molecule has 0 amide bonds. The van der Waals surface area contributed by atoms with Gasteiger partial charge >= 0.3 is 0 Å². The van der Waals surface area contributed by atoms with E-state index in [9.17, 15) is 0 Å². The van der Waals surface area contributed by atoms with Crippen LogP contribution in [0.2, 0.25) is 0 Å². The molecule has 3 nitrogen and oxygen atoms in total. The summed E-state index contributed by atoms with van der Waals surface area (Å²) in [5, 5.41) is 12.4. The van der Waals surface area contributed by atoms with Crippen LogP contribution in [0.4, 0.5) is 0 Å². The fourth-order valence-corrected chi connectivity index (χ4v) is 2.90. The first kappa shape index (κ1) is 14.0. The number of nitrogens with zero attached hydrogens (tertiary/aromatic N) is 2. The van der Waals surface area contributed by atoms with Crippen molar-refractivity contribution < 1.29 is 0 Å². The fourth-order valence-electron chi connectivity index (χ4n) is 2.26. The third-order valence-corrected chi connectivity index (χ3v) is 5.09. The Kier molecular flexibility index (Phi) is 5.19. The molecule has 0 unspecified atom stereocenters. The van der Waals surface area contributed by atoms with E-state index in [1.54, 1.807) is 0 Å². The minimum atomic E-state index is 0.196. The number of benzene rings is 1. The monoisotopic (exact) mass is 371 g/mol. The number of nitriles is 1.